The van der Waals surface area contributed by atoms with Crippen LogP contribution in [0.25, 0.3) is 0 Å². The minimum atomic E-state index is -0.116. The molecule has 0 aliphatic heterocycles. The molecule has 2 unspecified atom stereocenters. The molecule has 0 aliphatic rings. The summed E-state index contributed by atoms with van der Waals surface area (Å²) in [6, 6.07) is 7.72. The van der Waals surface area contributed by atoms with Gasteiger partial charge in [-0.05, 0) is 64.9 Å². The number of esters is 2. The number of rotatable bonds is 18. The van der Waals surface area contributed by atoms with Gasteiger partial charge >= 0.3 is 11.9 Å². The Labute approximate surface area is 267 Å². The highest BCUT2D eigenvalue weighted by atomic mass is 79.9. The highest BCUT2D eigenvalue weighted by Crippen LogP contribution is 2.18. The van der Waals surface area contributed by atoms with E-state index >= 15 is 0 Å². The molecule has 0 spiro atoms. The maximum Gasteiger partial charge on any atom is 0.306 e. The number of ether oxygens (including phenoxy) is 2. The number of carbonyl (C=O) groups is 2. The SMILES string of the molecule is Brc1cccnc1.CCCCC(CC)COC(=O)CCS.CCCCC(CC)COC(=O)CCSc1cccnc1. The van der Waals surface area contributed by atoms with Crippen molar-refractivity contribution in [2.24, 2.45) is 11.8 Å². The van der Waals surface area contributed by atoms with E-state index in [0.717, 1.165) is 34.4 Å². The normalized spacial score (nSPS) is 11.7. The number of halogens is 1. The molecule has 232 valence electrons. The van der Waals surface area contributed by atoms with E-state index < -0.39 is 0 Å². The molecule has 0 aromatic carbocycles. The van der Waals surface area contributed by atoms with Crippen LogP contribution in [-0.2, 0) is 19.1 Å². The van der Waals surface area contributed by atoms with Gasteiger partial charge in [0.25, 0.3) is 0 Å². The van der Waals surface area contributed by atoms with Crippen molar-refractivity contribution in [1.82, 2.24) is 9.97 Å². The smallest absolute Gasteiger partial charge is 0.306 e. The van der Waals surface area contributed by atoms with Gasteiger partial charge in [0.1, 0.15) is 0 Å². The number of thiol groups is 1. The van der Waals surface area contributed by atoms with E-state index in [-0.39, 0.29) is 11.9 Å². The third kappa shape index (κ3) is 24.7. The predicted molar refractivity (Wildman–Crippen MR) is 179 cm³/mol. The van der Waals surface area contributed by atoms with Crippen molar-refractivity contribution in [3.8, 4) is 0 Å². The lowest BCUT2D eigenvalue weighted by molar-refractivity contribution is -0.145. The second-order valence-electron chi connectivity index (χ2n) is 9.63. The highest BCUT2D eigenvalue weighted by molar-refractivity contribution is 9.10. The Morgan fingerprint density at radius 1 is 0.854 bits per heavy atom. The number of nitrogens with zero attached hydrogens (tertiary/aromatic N) is 2. The summed E-state index contributed by atoms with van der Waals surface area (Å²) in [5.74, 6) is 2.18. The van der Waals surface area contributed by atoms with E-state index in [1.807, 2.05) is 30.5 Å². The monoisotopic (exact) mass is 670 g/mol. The molecule has 2 aromatic rings. The first-order chi connectivity index (χ1) is 19.9. The molecule has 0 saturated carbocycles. The molecule has 2 heterocycles. The minimum Gasteiger partial charge on any atom is -0.465 e. The second kappa shape index (κ2) is 28.5. The number of carbonyl (C=O) groups excluding carboxylic acids is 2. The Bertz CT molecular complexity index is 879. The number of hydrogen-bond donors (Lipinski definition) is 1. The molecule has 2 aromatic heterocycles. The van der Waals surface area contributed by atoms with Gasteiger partial charge in [-0.3, -0.25) is 19.6 Å². The predicted octanol–water partition coefficient (Wildman–Crippen LogP) is 9.23. The Hall–Kier alpha value is -1.58. The Morgan fingerprint density at radius 3 is 1.78 bits per heavy atom. The number of unbranched alkanes of at least 4 members (excludes halogenated alkanes) is 2. The van der Waals surface area contributed by atoms with Crippen LogP contribution in [0.15, 0.2) is 58.4 Å². The summed E-state index contributed by atoms with van der Waals surface area (Å²) in [4.78, 5) is 31.7. The van der Waals surface area contributed by atoms with E-state index in [9.17, 15) is 9.59 Å². The number of hydrogen-bond acceptors (Lipinski definition) is 8. The fraction of sp³-hybridized carbons (Fsp3) is 0.625. The maximum absolute atomic E-state index is 11.7. The summed E-state index contributed by atoms with van der Waals surface area (Å²) >= 11 is 8.87. The summed E-state index contributed by atoms with van der Waals surface area (Å²) in [7, 11) is 0. The van der Waals surface area contributed by atoms with E-state index in [1.54, 1.807) is 30.4 Å². The van der Waals surface area contributed by atoms with Gasteiger partial charge in [0, 0.05) is 45.7 Å². The lowest BCUT2D eigenvalue weighted by Crippen LogP contribution is -2.14. The lowest BCUT2D eigenvalue weighted by atomic mass is 10.0. The molecule has 0 bridgehead atoms. The van der Waals surface area contributed by atoms with Crippen LogP contribution in [0.2, 0.25) is 0 Å². The standard InChI is InChI=1S/C16H25NO2S.C11H22O2S.C5H4BrN/c1-3-5-7-14(4-2)13-19-16(18)9-11-20-15-8-6-10-17-12-15;1-3-5-6-10(4-2)9-13-11(12)7-8-14;6-5-2-1-3-7-4-5/h6,8,10,12,14H,3-5,7,9,11,13H2,1-2H3;10,14H,3-9H2,1-2H3;1-4H. The Kier molecular flexibility index (Phi) is 27.4. The van der Waals surface area contributed by atoms with Crippen LogP contribution < -0.4 is 0 Å². The van der Waals surface area contributed by atoms with Gasteiger partial charge in [-0.2, -0.15) is 12.6 Å². The number of pyridine rings is 2. The van der Waals surface area contributed by atoms with Gasteiger partial charge in [0.2, 0.25) is 0 Å². The fourth-order valence-corrected chi connectivity index (χ4v) is 4.75. The molecular formula is C32H51BrN2O4S2. The van der Waals surface area contributed by atoms with Crippen LogP contribution in [0.5, 0.6) is 0 Å². The average molecular weight is 672 g/mol. The van der Waals surface area contributed by atoms with Crippen LogP contribution in [0, 0.1) is 11.8 Å². The second-order valence-corrected chi connectivity index (χ2v) is 12.2. The molecule has 0 amide bonds. The lowest BCUT2D eigenvalue weighted by Gasteiger charge is -2.14. The molecule has 41 heavy (non-hydrogen) atoms. The molecule has 2 rings (SSSR count). The highest BCUT2D eigenvalue weighted by Gasteiger charge is 2.10. The topological polar surface area (TPSA) is 78.4 Å². The minimum absolute atomic E-state index is 0.0867. The summed E-state index contributed by atoms with van der Waals surface area (Å²) in [5, 5.41) is 0. The molecule has 0 saturated heterocycles. The van der Waals surface area contributed by atoms with E-state index in [1.165, 1.54) is 32.1 Å². The maximum atomic E-state index is 11.7. The molecule has 2 atom stereocenters. The quantitative estimate of drug-likeness (QED) is 0.0962. The van der Waals surface area contributed by atoms with Crippen molar-refractivity contribution in [3.05, 3.63) is 53.5 Å². The van der Waals surface area contributed by atoms with Gasteiger partial charge in [0.15, 0.2) is 0 Å². The molecule has 0 aliphatic carbocycles. The van der Waals surface area contributed by atoms with Gasteiger partial charge in [-0.15, -0.1) is 11.8 Å². The Balaban J connectivity index is 0.000000656. The summed E-state index contributed by atoms with van der Waals surface area (Å²) in [6.07, 6.45) is 17.3. The van der Waals surface area contributed by atoms with E-state index in [0.29, 0.717) is 43.6 Å². The van der Waals surface area contributed by atoms with Crippen molar-refractivity contribution in [3.63, 3.8) is 0 Å². The zero-order valence-electron chi connectivity index (χ0n) is 25.4. The number of aromatic nitrogens is 2. The van der Waals surface area contributed by atoms with E-state index in [2.05, 4.69) is 66.2 Å². The summed E-state index contributed by atoms with van der Waals surface area (Å²) in [5.41, 5.74) is 0. The van der Waals surface area contributed by atoms with Gasteiger partial charge in [-0.1, -0.05) is 66.2 Å². The third-order valence-electron chi connectivity index (χ3n) is 6.20. The van der Waals surface area contributed by atoms with Crippen LogP contribution in [0.3, 0.4) is 0 Å². The zero-order valence-corrected chi connectivity index (χ0v) is 28.7. The van der Waals surface area contributed by atoms with Crippen molar-refractivity contribution >= 4 is 52.3 Å². The van der Waals surface area contributed by atoms with Crippen molar-refractivity contribution < 1.29 is 19.1 Å². The first-order valence-electron chi connectivity index (χ1n) is 14.9. The van der Waals surface area contributed by atoms with Gasteiger partial charge in [0.05, 0.1) is 26.1 Å². The molecule has 0 fully saturated rings. The van der Waals surface area contributed by atoms with E-state index in [4.69, 9.17) is 9.47 Å². The van der Waals surface area contributed by atoms with Gasteiger partial charge in [-0.25, -0.2) is 0 Å². The Morgan fingerprint density at radius 2 is 1.39 bits per heavy atom. The fourth-order valence-electron chi connectivity index (χ4n) is 3.48. The van der Waals surface area contributed by atoms with Crippen LogP contribution in [0.4, 0.5) is 0 Å². The number of thioether (sulfide) groups is 1. The van der Waals surface area contributed by atoms with Crippen LogP contribution >= 0.6 is 40.3 Å². The van der Waals surface area contributed by atoms with Crippen molar-refractivity contribution in [1.29, 1.82) is 0 Å². The van der Waals surface area contributed by atoms with Crippen molar-refractivity contribution in [2.75, 3.05) is 24.7 Å². The summed E-state index contributed by atoms with van der Waals surface area (Å²) < 4.78 is 11.5. The molecule has 9 heteroatoms. The molecular weight excluding hydrogens is 620 g/mol. The van der Waals surface area contributed by atoms with Crippen LogP contribution in [0.1, 0.15) is 91.9 Å². The molecule has 0 radical (unpaired) electrons. The van der Waals surface area contributed by atoms with Crippen LogP contribution in [-0.4, -0.2) is 46.6 Å². The first-order valence-corrected chi connectivity index (χ1v) is 17.3. The van der Waals surface area contributed by atoms with Gasteiger partial charge < -0.3 is 9.47 Å². The average Bonchev–Trinajstić information content (AvgIpc) is 2.99. The zero-order chi connectivity index (χ0) is 30.6. The third-order valence-corrected chi connectivity index (χ3v) is 7.87. The molecule has 0 N–H and O–H groups in total. The first kappa shape index (κ1) is 39.4. The largest absolute Gasteiger partial charge is 0.465 e. The van der Waals surface area contributed by atoms with Crippen molar-refractivity contribution in [2.45, 2.75) is 96.8 Å². The summed E-state index contributed by atoms with van der Waals surface area (Å²) in [6.45, 7) is 9.84. The molecule has 6 nitrogen and oxygen atoms in total.